The predicted molar refractivity (Wildman–Crippen MR) is 93.4 cm³/mol. The molecule has 0 unspecified atom stereocenters. The number of carbonyl (C=O) groups excluding carboxylic acids is 2. The van der Waals surface area contributed by atoms with Crippen LogP contribution in [0.3, 0.4) is 0 Å². The molecule has 0 saturated carbocycles. The van der Waals surface area contributed by atoms with Crippen LogP contribution in [-0.4, -0.2) is 48.6 Å². The lowest BCUT2D eigenvalue weighted by molar-refractivity contribution is -0.385. The number of hydrogen-bond acceptors (Lipinski definition) is 6. The van der Waals surface area contributed by atoms with E-state index in [-0.39, 0.29) is 33.7 Å². The largest absolute Gasteiger partial charge is 0.383 e. The van der Waals surface area contributed by atoms with Gasteiger partial charge in [0.25, 0.3) is 5.69 Å². The number of anilines is 1. The zero-order valence-electron chi connectivity index (χ0n) is 13.9. The van der Waals surface area contributed by atoms with Crippen molar-refractivity contribution < 1.29 is 14.5 Å². The zero-order chi connectivity index (χ0) is 18.1. The van der Waals surface area contributed by atoms with Crippen LogP contribution in [0.25, 0.3) is 0 Å². The van der Waals surface area contributed by atoms with Gasteiger partial charge in [-0.25, -0.2) is 0 Å². The number of benzene rings is 2. The normalized spacial score (nSPS) is 12.8. The van der Waals surface area contributed by atoms with Gasteiger partial charge in [0, 0.05) is 36.0 Å². The molecule has 0 amide bonds. The van der Waals surface area contributed by atoms with Gasteiger partial charge in [-0.2, -0.15) is 0 Å². The highest BCUT2D eigenvalue weighted by molar-refractivity contribution is 6.31. The van der Waals surface area contributed by atoms with E-state index >= 15 is 0 Å². The van der Waals surface area contributed by atoms with E-state index in [9.17, 15) is 19.7 Å². The quantitative estimate of drug-likeness (QED) is 0.566. The maximum atomic E-state index is 12.9. The lowest BCUT2D eigenvalue weighted by atomic mass is 9.82. The topological polar surface area (TPSA) is 92.5 Å². The minimum Gasteiger partial charge on any atom is -0.383 e. The number of fused-ring (bicyclic) bond motifs is 2. The number of ketones is 2. The Morgan fingerprint density at radius 3 is 2.16 bits per heavy atom. The summed E-state index contributed by atoms with van der Waals surface area (Å²) in [6, 6.07) is 9.17. The molecule has 25 heavy (non-hydrogen) atoms. The van der Waals surface area contributed by atoms with Crippen LogP contribution in [-0.2, 0) is 0 Å². The van der Waals surface area contributed by atoms with Crippen LogP contribution >= 0.6 is 0 Å². The van der Waals surface area contributed by atoms with Gasteiger partial charge in [-0.15, -0.1) is 0 Å². The van der Waals surface area contributed by atoms with Gasteiger partial charge in [0.2, 0.25) is 5.78 Å². The van der Waals surface area contributed by atoms with Crippen molar-refractivity contribution in [3.05, 3.63) is 68.8 Å². The Labute approximate surface area is 144 Å². The number of carbonyl (C=O) groups is 2. The van der Waals surface area contributed by atoms with Crippen LogP contribution < -0.4 is 5.32 Å². The van der Waals surface area contributed by atoms with Crippen molar-refractivity contribution in [2.45, 2.75) is 0 Å². The molecule has 3 rings (SSSR count). The maximum absolute atomic E-state index is 12.9. The van der Waals surface area contributed by atoms with Gasteiger partial charge in [-0.3, -0.25) is 19.7 Å². The van der Waals surface area contributed by atoms with Crippen LogP contribution in [0, 0.1) is 10.1 Å². The molecular weight excluding hydrogens is 322 g/mol. The molecule has 0 atom stereocenters. The first-order valence-corrected chi connectivity index (χ1v) is 7.80. The van der Waals surface area contributed by atoms with Crippen molar-refractivity contribution in [3.8, 4) is 0 Å². The SMILES string of the molecule is CN(C)CCNc1ccc([N+](=O)[O-])c2c1C(=O)c1ccccc1C2=O. The lowest BCUT2D eigenvalue weighted by Crippen LogP contribution is -2.26. The summed E-state index contributed by atoms with van der Waals surface area (Å²) in [4.78, 5) is 38.4. The Morgan fingerprint density at radius 2 is 1.60 bits per heavy atom. The standard InChI is InChI=1S/C18H17N3O4/c1-20(2)10-9-19-13-7-8-14(21(24)25)16-15(13)17(22)11-5-3-4-6-12(11)18(16)23/h3-8,19H,9-10H2,1-2H3. The number of nitro benzene ring substituents is 1. The molecule has 0 heterocycles. The molecular formula is C18H17N3O4. The molecule has 2 aromatic carbocycles. The summed E-state index contributed by atoms with van der Waals surface area (Å²) < 4.78 is 0. The first-order chi connectivity index (χ1) is 11.9. The van der Waals surface area contributed by atoms with Crippen LogP contribution in [0.5, 0.6) is 0 Å². The van der Waals surface area contributed by atoms with Crippen molar-refractivity contribution in [1.82, 2.24) is 4.90 Å². The summed E-state index contributed by atoms with van der Waals surface area (Å²) >= 11 is 0. The first-order valence-electron chi connectivity index (χ1n) is 7.80. The van der Waals surface area contributed by atoms with Crippen LogP contribution in [0.2, 0.25) is 0 Å². The van der Waals surface area contributed by atoms with E-state index in [1.54, 1.807) is 18.2 Å². The summed E-state index contributed by atoms with van der Waals surface area (Å²) in [6.45, 7) is 1.25. The second-order valence-electron chi connectivity index (χ2n) is 6.07. The number of nitro groups is 1. The summed E-state index contributed by atoms with van der Waals surface area (Å²) in [5.74, 6) is -0.866. The Hall–Kier alpha value is -3.06. The Kier molecular flexibility index (Phi) is 4.33. The van der Waals surface area contributed by atoms with Crippen LogP contribution in [0.4, 0.5) is 11.4 Å². The highest BCUT2D eigenvalue weighted by Gasteiger charge is 2.37. The van der Waals surface area contributed by atoms with Gasteiger partial charge in [0.1, 0.15) is 5.56 Å². The summed E-state index contributed by atoms with van der Waals surface area (Å²) in [7, 11) is 3.83. The number of likely N-dealkylation sites (N-methyl/N-ethyl adjacent to an activating group) is 1. The van der Waals surface area contributed by atoms with Crippen molar-refractivity contribution in [3.63, 3.8) is 0 Å². The third-order valence-electron chi connectivity index (χ3n) is 4.12. The van der Waals surface area contributed by atoms with Crippen molar-refractivity contribution in [2.24, 2.45) is 0 Å². The number of hydrogen-bond donors (Lipinski definition) is 1. The maximum Gasteiger partial charge on any atom is 0.281 e. The molecule has 0 aromatic heterocycles. The summed E-state index contributed by atoms with van der Waals surface area (Å²) in [6.07, 6.45) is 0. The predicted octanol–water partition coefficient (Wildman–Crippen LogP) is 2.34. The zero-order valence-corrected chi connectivity index (χ0v) is 13.9. The summed E-state index contributed by atoms with van der Waals surface area (Å²) in [5, 5.41) is 14.5. The third-order valence-corrected chi connectivity index (χ3v) is 4.12. The molecule has 7 heteroatoms. The molecule has 0 radical (unpaired) electrons. The molecule has 7 nitrogen and oxygen atoms in total. The van der Waals surface area contributed by atoms with E-state index in [1.165, 1.54) is 18.2 Å². The summed E-state index contributed by atoms with van der Waals surface area (Å²) in [5.41, 5.74) is 0.515. The third kappa shape index (κ3) is 2.89. The number of nitrogens with one attached hydrogen (secondary N) is 1. The van der Waals surface area contributed by atoms with E-state index < -0.39 is 10.7 Å². The molecule has 1 N–H and O–H groups in total. The molecule has 0 aliphatic heterocycles. The van der Waals surface area contributed by atoms with Gasteiger partial charge >= 0.3 is 0 Å². The Morgan fingerprint density at radius 1 is 1.00 bits per heavy atom. The van der Waals surface area contributed by atoms with E-state index in [4.69, 9.17) is 0 Å². The molecule has 0 saturated heterocycles. The molecule has 0 bridgehead atoms. The molecule has 1 aliphatic carbocycles. The van der Waals surface area contributed by atoms with Crippen molar-refractivity contribution in [1.29, 1.82) is 0 Å². The lowest BCUT2D eigenvalue weighted by Gasteiger charge is -2.21. The monoisotopic (exact) mass is 339 g/mol. The molecule has 2 aromatic rings. The van der Waals surface area contributed by atoms with E-state index in [0.29, 0.717) is 18.8 Å². The van der Waals surface area contributed by atoms with E-state index in [2.05, 4.69) is 5.32 Å². The van der Waals surface area contributed by atoms with Gasteiger partial charge in [-0.1, -0.05) is 24.3 Å². The van der Waals surface area contributed by atoms with E-state index in [1.807, 2.05) is 19.0 Å². The fraction of sp³-hybridized carbons (Fsp3) is 0.222. The molecule has 0 spiro atoms. The minimum atomic E-state index is -0.623. The molecule has 128 valence electrons. The molecule has 1 aliphatic rings. The highest BCUT2D eigenvalue weighted by Crippen LogP contribution is 2.37. The average molecular weight is 339 g/mol. The first kappa shape index (κ1) is 16.8. The van der Waals surface area contributed by atoms with Gasteiger partial charge in [0.05, 0.1) is 10.5 Å². The number of nitrogens with zero attached hydrogens (tertiary/aromatic N) is 2. The van der Waals surface area contributed by atoms with Crippen molar-refractivity contribution >= 4 is 22.9 Å². The van der Waals surface area contributed by atoms with Gasteiger partial charge in [0.15, 0.2) is 5.78 Å². The van der Waals surface area contributed by atoms with E-state index in [0.717, 1.165) is 0 Å². The van der Waals surface area contributed by atoms with Crippen molar-refractivity contribution in [2.75, 3.05) is 32.5 Å². The average Bonchev–Trinajstić information content (AvgIpc) is 2.58. The van der Waals surface area contributed by atoms with Crippen LogP contribution in [0.15, 0.2) is 36.4 Å². The van der Waals surface area contributed by atoms with Crippen LogP contribution in [0.1, 0.15) is 31.8 Å². The minimum absolute atomic E-state index is 0.0802. The molecule has 0 fully saturated rings. The second kappa shape index (κ2) is 6.45. The fourth-order valence-electron chi connectivity index (χ4n) is 2.92. The smallest absolute Gasteiger partial charge is 0.281 e. The van der Waals surface area contributed by atoms with Gasteiger partial charge < -0.3 is 10.2 Å². The Balaban J connectivity index is 2.16. The number of rotatable bonds is 5. The second-order valence-corrected chi connectivity index (χ2v) is 6.07. The highest BCUT2D eigenvalue weighted by atomic mass is 16.6. The van der Waals surface area contributed by atoms with Gasteiger partial charge in [-0.05, 0) is 20.2 Å². The fourth-order valence-corrected chi connectivity index (χ4v) is 2.92. The Bertz CT molecular complexity index is 890.